The largest absolute Gasteiger partial charge is 0.443 e. The topological polar surface area (TPSA) is 90.5 Å². The SMILES string of the molecule is CC1CCN(C(=O)O[C@H]2Cc3ccccc3[C@H]2n2cnc([N+](=O)[O-])c2)CC1. The Morgan fingerprint density at radius 2 is 2.04 bits per heavy atom. The van der Waals surface area contributed by atoms with Crippen LogP contribution in [0.1, 0.15) is 36.9 Å². The van der Waals surface area contributed by atoms with Crippen LogP contribution in [0.2, 0.25) is 0 Å². The average Bonchev–Trinajstić information content (AvgIpc) is 3.26. The third kappa shape index (κ3) is 3.39. The average molecular weight is 370 g/mol. The monoisotopic (exact) mass is 370 g/mol. The van der Waals surface area contributed by atoms with Crippen molar-refractivity contribution < 1.29 is 14.5 Å². The molecule has 1 fully saturated rings. The first-order valence-electron chi connectivity index (χ1n) is 9.24. The highest BCUT2D eigenvalue weighted by molar-refractivity contribution is 5.68. The van der Waals surface area contributed by atoms with E-state index in [0.717, 1.165) is 24.0 Å². The predicted octanol–water partition coefficient (Wildman–Crippen LogP) is 3.17. The van der Waals surface area contributed by atoms with Crippen LogP contribution < -0.4 is 0 Å². The number of likely N-dealkylation sites (tertiary alicyclic amines) is 1. The lowest BCUT2D eigenvalue weighted by atomic mass is 10.00. The second kappa shape index (κ2) is 7.02. The van der Waals surface area contributed by atoms with E-state index < -0.39 is 11.0 Å². The molecule has 142 valence electrons. The summed E-state index contributed by atoms with van der Waals surface area (Å²) in [6.45, 7) is 3.61. The smallest absolute Gasteiger partial charge is 0.410 e. The van der Waals surface area contributed by atoms with Gasteiger partial charge in [0.25, 0.3) is 0 Å². The summed E-state index contributed by atoms with van der Waals surface area (Å²) in [6.07, 6.45) is 4.67. The van der Waals surface area contributed by atoms with Crippen molar-refractivity contribution in [3.63, 3.8) is 0 Å². The lowest BCUT2D eigenvalue weighted by Gasteiger charge is -2.31. The molecule has 2 aromatic rings. The van der Waals surface area contributed by atoms with E-state index in [1.54, 1.807) is 9.47 Å². The van der Waals surface area contributed by atoms with E-state index in [-0.39, 0.29) is 18.0 Å². The zero-order valence-corrected chi connectivity index (χ0v) is 15.2. The highest BCUT2D eigenvalue weighted by atomic mass is 16.6. The van der Waals surface area contributed by atoms with Gasteiger partial charge in [0.2, 0.25) is 6.33 Å². The molecule has 1 saturated heterocycles. The van der Waals surface area contributed by atoms with Crippen molar-refractivity contribution >= 4 is 11.9 Å². The molecule has 1 aromatic heterocycles. The molecule has 0 bridgehead atoms. The minimum absolute atomic E-state index is 0.213. The number of carbonyl (C=O) groups excluding carboxylic acids is 1. The van der Waals surface area contributed by atoms with Crippen molar-refractivity contribution in [1.82, 2.24) is 14.5 Å². The van der Waals surface area contributed by atoms with Gasteiger partial charge >= 0.3 is 11.9 Å². The summed E-state index contributed by atoms with van der Waals surface area (Å²) in [5.41, 5.74) is 2.10. The molecule has 1 aromatic carbocycles. The third-order valence-corrected chi connectivity index (χ3v) is 5.54. The Balaban J connectivity index is 1.57. The number of carbonyl (C=O) groups is 1. The Bertz CT molecular complexity index is 857. The predicted molar refractivity (Wildman–Crippen MR) is 97.4 cm³/mol. The number of benzene rings is 1. The molecule has 0 spiro atoms. The van der Waals surface area contributed by atoms with Crippen molar-refractivity contribution in [2.24, 2.45) is 5.92 Å². The normalized spacial score (nSPS) is 22.5. The lowest BCUT2D eigenvalue weighted by Crippen LogP contribution is -2.41. The summed E-state index contributed by atoms with van der Waals surface area (Å²) >= 11 is 0. The van der Waals surface area contributed by atoms with E-state index in [4.69, 9.17) is 4.74 Å². The quantitative estimate of drug-likeness (QED) is 0.611. The van der Waals surface area contributed by atoms with E-state index in [9.17, 15) is 14.9 Å². The Hall–Kier alpha value is -2.90. The Labute approximate surface area is 156 Å². The van der Waals surface area contributed by atoms with Crippen LogP contribution in [0.15, 0.2) is 36.8 Å². The fourth-order valence-corrected chi connectivity index (χ4v) is 3.96. The Morgan fingerprint density at radius 1 is 1.30 bits per heavy atom. The van der Waals surface area contributed by atoms with Crippen LogP contribution in [-0.4, -0.2) is 44.7 Å². The summed E-state index contributed by atoms with van der Waals surface area (Å²) in [6, 6.07) is 7.54. The molecule has 1 aliphatic carbocycles. The number of imidazole rings is 1. The van der Waals surface area contributed by atoms with E-state index in [1.165, 1.54) is 12.5 Å². The fourth-order valence-electron chi connectivity index (χ4n) is 3.96. The molecular formula is C19H22N4O4. The molecule has 0 unspecified atom stereocenters. The first kappa shape index (κ1) is 17.5. The minimum atomic E-state index is -0.521. The van der Waals surface area contributed by atoms with E-state index in [0.29, 0.717) is 25.4 Å². The maximum atomic E-state index is 12.7. The Morgan fingerprint density at radius 3 is 2.74 bits per heavy atom. The molecule has 27 heavy (non-hydrogen) atoms. The molecule has 0 saturated carbocycles. The molecule has 1 aliphatic heterocycles. The number of hydrogen-bond acceptors (Lipinski definition) is 5. The van der Waals surface area contributed by atoms with Crippen molar-refractivity contribution in [1.29, 1.82) is 0 Å². The molecule has 4 rings (SSSR count). The lowest BCUT2D eigenvalue weighted by molar-refractivity contribution is -0.389. The summed E-state index contributed by atoms with van der Waals surface area (Å²) in [5, 5.41) is 11.0. The standard InChI is InChI=1S/C19H22N4O4/c1-13-6-8-21(9-7-13)19(24)27-16-10-14-4-2-3-5-15(14)18(16)22-11-17(20-12-22)23(25)26/h2-5,11-13,16,18H,6-10H2,1H3/t16-,18+/m0/s1. The van der Waals surface area contributed by atoms with Gasteiger partial charge in [0, 0.05) is 19.5 Å². The minimum Gasteiger partial charge on any atom is -0.443 e. The molecule has 2 aliphatic rings. The van der Waals surface area contributed by atoms with E-state index in [2.05, 4.69) is 11.9 Å². The van der Waals surface area contributed by atoms with Gasteiger partial charge in [-0.3, -0.25) is 4.57 Å². The fraction of sp³-hybridized carbons (Fsp3) is 0.474. The van der Waals surface area contributed by atoms with Gasteiger partial charge in [-0.15, -0.1) is 0 Å². The van der Waals surface area contributed by atoms with Crippen LogP contribution >= 0.6 is 0 Å². The van der Waals surface area contributed by atoms with Crippen molar-refractivity contribution in [2.45, 2.75) is 38.3 Å². The van der Waals surface area contributed by atoms with Gasteiger partial charge in [0.05, 0.1) is 6.04 Å². The van der Waals surface area contributed by atoms with Gasteiger partial charge in [-0.05, 0) is 39.8 Å². The van der Waals surface area contributed by atoms with E-state index in [1.807, 2.05) is 24.3 Å². The van der Waals surface area contributed by atoms with Gasteiger partial charge in [-0.25, -0.2) is 4.79 Å². The number of aromatic nitrogens is 2. The molecular weight excluding hydrogens is 348 g/mol. The molecule has 8 heteroatoms. The van der Waals surface area contributed by atoms with E-state index >= 15 is 0 Å². The first-order valence-corrected chi connectivity index (χ1v) is 9.24. The second-order valence-corrected chi connectivity index (χ2v) is 7.38. The van der Waals surface area contributed by atoms with Crippen molar-refractivity contribution in [2.75, 3.05) is 13.1 Å². The molecule has 2 heterocycles. The molecule has 2 atom stereocenters. The van der Waals surface area contributed by atoms with Gasteiger partial charge in [0.1, 0.15) is 12.3 Å². The highest BCUT2D eigenvalue weighted by Crippen LogP contribution is 2.37. The van der Waals surface area contributed by atoms with Crippen LogP contribution in [0, 0.1) is 16.0 Å². The third-order valence-electron chi connectivity index (χ3n) is 5.54. The number of nitro groups is 1. The van der Waals surface area contributed by atoms with Crippen LogP contribution in [0.3, 0.4) is 0 Å². The zero-order chi connectivity index (χ0) is 19.0. The highest BCUT2D eigenvalue weighted by Gasteiger charge is 2.38. The summed E-state index contributed by atoms with van der Waals surface area (Å²) in [7, 11) is 0. The van der Waals surface area contributed by atoms with Crippen molar-refractivity contribution in [3.8, 4) is 0 Å². The molecule has 8 nitrogen and oxygen atoms in total. The van der Waals surface area contributed by atoms with Crippen LogP contribution in [-0.2, 0) is 11.2 Å². The molecule has 0 radical (unpaired) electrons. The zero-order valence-electron chi connectivity index (χ0n) is 15.2. The van der Waals surface area contributed by atoms with Crippen LogP contribution in [0.4, 0.5) is 10.6 Å². The van der Waals surface area contributed by atoms with Crippen molar-refractivity contribution in [3.05, 3.63) is 58.0 Å². The van der Waals surface area contributed by atoms with Gasteiger partial charge in [0.15, 0.2) is 0 Å². The number of fused-ring (bicyclic) bond motifs is 1. The summed E-state index contributed by atoms with van der Waals surface area (Å²) in [5.74, 6) is 0.415. The summed E-state index contributed by atoms with van der Waals surface area (Å²) < 4.78 is 7.55. The number of hydrogen-bond donors (Lipinski definition) is 0. The number of amides is 1. The summed E-state index contributed by atoms with van der Waals surface area (Å²) in [4.78, 5) is 28.8. The van der Waals surface area contributed by atoms with Gasteiger partial charge in [-0.2, -0.15) is 0 Å². The van der Waals surface area contributed by atoms with Gasteiger partial charge in [-0.1, -0.05) is 31.2 Å². The Kier molecular flexibility index (Phi) is 4.55. The number of ether oxygens (including phenoxy) is 1. The first-order chi connectivity index (χ1) is 13.0. The molecule has 0 N–H and O–H groups in total. The second-order valence-electron chi connectivity index (χ2n) is 7.38. The molecule has 1 amide bonds. The van der Waals surface area contributed by atoms with Crippen LogP contribution in [0.25, 0.3) is 0 Å². The maximum Gasteiger partial charge on any atom is 0.410 e. The number of nitrogens with zero attached hydrogens (tertiary/aromatic N) is 4. The number of rotatable bonds is 3. The van der Waals surface area contributed by atoms with Crippen LogP contribution in [0.5, 0.6) is 0 Å². The maximum absolute atomic E-state index is 12.7. The number of piperidine rings is 1. The van der Waals surface area contributed by atoms with Gasteiger partial charge < -0.3 is 19.8 Å².